The van der Waals surface area contributed by atoms with Crippen molar-refractivity contribution in [2.24, 2.45) is 0 Å². The molecule has 0 aromatic carbocycles. The van der Waals surface area contributed by atoms with Crippen LogP contribution in [0.25, 0.3) is 21.0 Å². The number of thiophene rings is 1. The van der Waals surface area contributed by atoms with Crippen LogP contribution in [0, 0.1) is 11.3 Å². The average Bonchev–Trinajstić information content (AvgIpc) is 3.08. The molecule has 18 heavy (non-hydrogen) atoms. The third-order valence-corrected chi connectivity index (χ3v) is 3.48. The second-order valence-electron chi connectivity index (χ2n) is 3.42. The second kappa shape index (κ2) is 4.35. The fourth-order valence-electron chi connectivity index (χ4n) is 1.53. The number of hydrogen-bond donors (Lipinski definition) is 1. The van der Waals surface area contributed by atoms with Crippen molar-refractivity contribution in [1.29, 1.82) is 5.26 Å². The van der Waals surface area contributed by atoms with Crippen molar-refractivity contribution in [1.82, 2.24) is 25.4 Å². The lowest BCUT2D eigenvalue weighted by Crippen LogP contribution is -1.78. The fraction of sp³-hybridized carbons (Fsp3) is 0. The Morgan fingerprint density at radius 1 is 1.11 bits per heavy atom. The van der Waals surface area contributed by atoms with Gasteiger partial charge in [-0.1, -0.05) is 0 Å². The molecule has 3 heterocycles. The SMILES string of the molecule is N#Cc1n[nH]nc1-c1ccc(-c2cncnc2)s1. The van der Waals surface area contributed by atoms with E-state index in [4.69, 9.17) is 5.26 Å². The van der Waals surface area contributed by atoms with Gasteiger partial charge in [-0.25, -0.2) is 9.97 Å². The molecule has 0 aliphatic heterocycles. The van der Waals surface area contributed by atoms with E-state index in [1.807, 2.05) is 18.2 Å². The summed E-state index contributed by atoms with van der Waals surface area (Å²) in [5, 5.41) is 19.1. The summed E-state index contributed by atoms with van der Waals surface area (Å²) in [6.45, 7) is 0. The van der Waals surface area contributed by atoms with Crippen LogP contribution < -0.4 is 0 Å². The average molecular weight is 254 g/mol. The molecule has 0 atom stereocenters. The summed E-state index contributed by atoms with van der Waals surface area (Å²) in [4.78, 5) is 9.87. The van der Waals surface area contributed by atoms with Gasteiger partial charge in [0.15, 0.2) is 5.69 Å². The van der Waals surface area contributed by atoms with Crippen molar-refractivity contribution in [3.63, 3.8) is 0 Å². The van der Waals surface area contributed by atoms with Crippen LogP contribution in [-0.2, 0) is 0 Å². The first-order chi connectivity index (χ1) is 8.88. The van der Waals surface area contributed by atoms with Crippen LogP contribution in [0.4, 0.5) is 0 Å². The number of rotatable bonds is 2. The molecule has 3 aromatic heterocycles. The van der Waals surface area contributed by atoms with E-state index in [9.17, 15) is 0 Å². The highest BCUT2D eigenvalue weighted by atomic mass is 32.1. The number of nitrogens with one attached hydrogen (secondary N) is 1. The molecule has 0 unspecified atom stereocenters. The minimum atomic E-state index is 0.299. The molecule has 0 radical (unpaired) electrons. The van der Waals surface area contributed by atoms with Gasteiger partial charge < -0.3 is 0 Å². The van der Waals surface area contributed by atoms with Gasteiger partial charge in [0.25, 0.3) is 0 Å². The Balaban J connectivity index is 2.03. The molecule has 3 rings (SSSR count). The molecular weight excluding hydrogens is 248 g/mol. The molecule has 7 heteroatoms. The first kappa shape index (κ1) is 10.6. The van der Waals surface area contributed by atoms with Crippen LogP contribution >= 0.6 is 11.3 Å². The van der Waals surface area contributed by atoms with Gasteiger partial charge in [-0.3, -0.25) is 0 Å². The second-order valence-corrected chi connectivity index (χ2v) is 4.51. The minimum Gasteiger partial charge on any atom is -0.244 e. The predicted molar refractivity (Wildman–Crippen MR) is 65.4 cm³/mol. The van der Waals surface area contributed by atoms with E-state index in [2.05, 4.69) is 25.4 Å². The Labute approximate surface area is 106 Å². The molecular formula is C11H6N6S. The summed E-state index contributed by atoms with van der Waals surface area (Å²) in [6.07, 6.45) is 4.98. The molecule has 6 nitrogen and oxygen atoms in total. The maximum atomic E-state index is 8.90. The van der Waals surface area contributed by atoms with E-state index in [1.165, 1.54) is 17.7 Å². The normalized spacial score (nSPS) is 10.2. The monoisotopic (exact) mass is 254 g/mol. The highest BCUT2D eigenvalue weighted by molar-refractivity contribution is 7.18. The topological polar surface area (TPSA) is 91.1 Å². The Morgan fingerprint density at radius 3 is 2.67 bits per heavy atom. The lowest BCUT2D eigenvalue weighted by Gasteiger charge is -1.93. The van der Waals surface area contributed by atoms with Gasteiger partial charge in [0, 0.05) is 22.8 Å². The zero-order chi connectivity index (χ0) is 12.4. The maximum Gasteiger partial charge on any atom is 0.191 e. The van der Waals surface area contributed by atoms with E-state index in [-0.39, 0.29) is 0 Å². The summed E-state index contributed by atoms with van der Waals surface area (Å²) in [7, 11) is 0. The fourth-order valence-corrected chi connectivity index (χ4v) is 2.50. The molecule has 3 aromatic rings. The maximum absolute atomic E-state index is 8.90. The van der Waals surface area contributed by atoms with E-state index in [1.54, 1.807) is 12.4 Å². The van der Waals surface area contributed by atoms with E-state index >= 15 is 0 Å². The zero-order valence-electron chi connectivity index (χ0n) is 9.03. The molecule has 86 valence electrons. The van der Waals surface area contributed by atoms with Crippen molar-refractivity contribution < 1.29 is 0 Å². The summed E-state index contributed by atoms with van der Waals surface area (Å²) in [5.74, 6) is 0. The summed E-state index contributed by atoms with van der Waals surface area (Å²) >= 11 is 1.52. The van der Waals surface area contributed by atoms with Crippen molar-refractivity contribution >= 4 is 11.3 Å². The molecule has 0 saturated heterocycles. The van der Waals surface area contributed by atoms with Crippen LogP contribution in [0.2, 0.25) is 0 Å². The zero-order valence-corrected chi connectivity index (χ0v) is 9.85. The Bertz CT molecular complexity index is 708. The number of nitriles is 1. The Hall–Kier alpha value is -2.59. The molecule has 0 aliphatic carbocycles. The first-order valence-electron chi connectivity index (χ1n) is 5.05. The minimum absolute atomic E-state index is 0.299. The molecule has 0 amide bonds. The third-order valence-electron chi connectivity index (χ3n) is 2.34. The molecule has 0 saturated carbocycles. The van der Waals surface area contributed by atoms with Gasteiger partial charge >= 0.3 is 0 Å². The van der Waals surface area contributed by atoms with Crippen LogP contribution in [0.1, 0.15) is 5.69 Å². The van der Waals surface area contributed by atoms with Crippen LogP contribution in [-0.4, -0.2) is 25.4 Å². The third kappa shape index (κ3) is 1.74. The Morgan fingerprint density at radius 2 is 1.89 bits per heavy atom. The molecule has 1 N–H and O–H groups in total. The van der Waals surface area contributed by atoms with Crippen molar-refractivity contribution in [2.45, 2.75) is 0 Å². The molecule has 0 fully saturated rings. The largest absolute Gasteiger partial charge is 0.244 e. The van der Waals surface area contributed by atoms with Gasteiger partial charge in [0.2, 0.25) is 0 Å². The molecule has 0 aliphatic rings. The molecule has 0 bridgehead atoms. The van der Waals surface area contributed by atoms with Crippen molar-refractivity contribution in [3.05, 3.63) is 36.5 Å². The van der Waals surface area contributed by atoms with E-state index < -0.39 is 0 Å². The van der Waals surface area contributed by atoms with Gasteiger partial charge in [0.05, 0.1) is 4.88 Å². The quantitative estimate of drug-likeness (QED) is 0.753. The van der Waals surface area contributed by atoms with Gasteiger partial charge in [-0.2, -0.15) is 15.6 Å². The molecule has 0 spiro atoms. The first-order valence-corrected chi connectivity index (χ1v) is 5.86. The smallest absolute Gasteiger partial charge is 0.191 e. The lowest BCUT2D eigenvalue weighted by atomic mass is 10.2. The van der Waals surface area contributed by atoms with E-state index in [0.717, 1.165) is 15.3 Å². The van der Waals surface area contributed by atoms with Crippen LogP contribution in [0.5, 0.6) is 0 Å². The number of H-pyrrole nitrogens is 1. The van der Waals surface area contributed by atoms with Gasteiger partial charge in [-0.15, -0.1) is 16.4 Å². The van der Waals surface area contributed by atoms with Crippen LogP contribution in [0.15, 0.2) is 30.9 Å². The van der Waals surface area contributed by atoms with Gasteiger partial charge in [0.1, 0.15) is 18.1 Å². The number of aromatic amines is 1. The van der Waals surface area contributed by atoms with Crippen LogP contribution in [0.3, 0.4) is 0 Å². The lowest BCUT2D eigenvalue weighted by molar-refractivity contribution is 0.937. The Kier molecular flexibility index (Phi) is 2.55. The number of hydrogen-bond acceptors (Lipinski definition) is 6. The number of nitrogens with zero attached hydrogens (tertiary/aromatic N) is 5. The highest BCUT2D eigenvalue weighted by Crippen LogP contribution is 2.33. The van der Waals surface area contributed by atoms with Crippen molar-refractivity contribution in [2.75, 3.05) is 0 Å². The summed E-state index contributed by atoms with van der Waals surface area (Å²) in [5.41, 5.74) is 1.81. The van der Waals surface area contributed by atoms with E-state index in [0.29, 0.717) is 11.4 Å². The summed E-state index contributed by atoms with van der Waals surface area (Å²) < 4.78 is 0. The summed E-state index contributed by atoms with van der Waals surface area (Å²) in [6, 6.07) is 5.86. The number of aromatic nitrogens is 5. The van der Waals surface area contributed by atoms with Gasteiger partial charge in [-0.05, 0) is 12.1 Å². The predicted octanol–water partition coefficient (Wildman–Crippen LogP) is 1.86. The highest BCUT2D eigenvalue weighted by Gasteiger charge is 2.12. The van der Waals surface area contributed by atoms with Crippen molar-refractivity contribution in [3.8, 4) is 27.1 Å². The standard InChI is InChI=1S/C11H6N6S/c12-3-8-11(16-17-15-8)10-2-1-9(18-10)7-4-13-6-14-5-7/h1-2,4-6H,(H,15,16,17).